The van der Waals surface area contributed by atoms with Gasteiger partial charge in [0.05, 0.1) is 5.52 Å². The van der Waals surface area contributed by atoms with Crippen molar-refractivity contribution in [2.24, 2.45) is 10.9 Å². The van der Waals surface area contributed by atoms with Gasteiger partial charge >= 0.3 is 0 Å². The fourth-order valence-electron chi connectivity index (χ4n) is 1.81. The van der Waals surface area contributed by atoms with Gasteiger partial charge in [0, 0.05) is 31.1 Å². The molecule has 0 aliphatic carbocycles. The van der Waals surface area contributed by atoms with Crippen LogP contribution in [0.25, 0.3) is 10.9 Å². The normalized spacial score (nSPS) is 11.7. The maximum atomic E-state index is 8.55. The molecule has 6 nitrogen and oxygen atoms in total. The summed E-state index contributed by atoms with van der Waals surface area (Å²) in [4.78, 5) is 10.9. The molecule has 6 heteroatoms. The van der Waals surface area contributed by atoms with E-state index in [1.807, 2.05) is 42.3 Å². The molecule has 1 aromatic heterocycles. The highest BCUT2D eigenvalue weighted by Crippen LogP contribution is 2.14. The summed E-state index contributed by atoms with van der Waals surface area (Å²) in [7, 11) is 0. The van der Waals surface area contributed by atoms with E-state index in [0.29, 0.717) is 18.9 Å². The van der Waals surface area contributed by atoms with Gasteiger partial charge in [0.15, 0.2) is 0 Å². The van der Waals surface area contributed by atoms with Crippen molar-refractivity contribution in [1.82, 2.24) is 9.97 Å². The monoisotopic (exact) mass is 259 g/mol. The minimum Gasteiger partial charge on any atom is -0.409 e. The van der Waals surface area contributed by atoms with E-state index < -0.39 is 0 Å². The molecule has 0 amide bonds. The Hall–Kier alpha value is -2.37. The second kappa shape index (κ2) is 5.99. The highest BCUT2D eigenvalue weighted by Gasteiger charge is 2.09. The molecule has 3 N–H and O–H groups in total. The number of amidine groups is 1. The van der Waals surface area contributed by atoms with Crippen molar-refractivity contribution in [2.75, 3.05) is 18.0 Å². The molecule has 1 heterocycles. The predicted octanol–water partition coefficient (Wildman–Crippen LogP) is 1.59. The summed E-state index contributed by atoms with van der Waals surface area (Å²) in [5.74, 6) is 0.867. The zero-order valence-corrected chi connectivity index (χ0v) is 10.8. The molecule has 0 saturated carbocycles. The van der Waals surface area contributed by atoms with Crippen molar-refractivity contribution in [3.8, 4) is 0 Å². The summed E-state index contributed by atoms with van der Waals surface area (Å²) in [5.41, 5.74) is 6.39. The van der Waals surface area contributed by atoms with E-state index in [1.165, 1.54) is 0 Å². The number of anilines is 1. The van der Waals surface area contributed by atoms with Gasteiger partial charge in [-0.05, 0) is 13.0 Å². The summed E-state index contributed by atoms with van der Waals surface area (Å²) in [5, 5.41) is 12.5. The Morgan fingerprint density at radius 1 is 1.42 bits per heavy atom. The Morgan fingerprint density at radius 3 is 2.95 bits per heavy atom. The number of aromatic nitrogens is 2. The van der Waals surface area contributed by atoms with Crippen LogP contribution in [0.15, 0.2) is 35.6 Å². The van der Waals surface area contributed by atoms with E-state index in [-0.39, 0.29) is 5.84 Å². The molecule has 0 aliphatic heterocycles. The number of nitrogens with two attached hydrogens (primary N) is 1. The molecule has 0 atom stereocenters. The smallest absolute Gasteiger partial charge is 0.225 e. The zero-order chi connectivity index (χ0) is 13.7. The van der Waals surface area contributed by atoms with Crippen LogP contribution >= 0.6 is 0 Å². The molecule has 0 aliphatic rings. The van der Waals surface area contributed by atoms with Crippen molar-refractivity contribution in [1.29, 1.82) is 0 Å². The largest absolute Gasteiger partial charge is 0.409 e. The van der Waals surface area contributed by atoms with Crippen molar-refractivity contribution in [2.45, 2.75) is 13.3 Å². The minimum atomic E-state index is 0.208. The fourth-order valence-corrected chi connectivity index (χ4v) is 1.81. The number of rotatable bonds is 5. The summed E-state index contributed by atoms with van der Waals surface area (Å²) in [6.07, 6.45) is 2.28. The van der Waals surface area contributed by atoms with E-state index in [1.54, 1.807) is 0 Å². The van der Waals surface area contributed by atoms with E-state index in [2.05, 4.69) is 15.1 Å². The number of nitrogens with zero attached hydrogens (tertiary/aromatic N) is 4. The lowest BCUT2D eigenvalue weighted by molar-refractivity contribution is 0.317. The SMILES string of the molecule is CCN(CC/C(N)=N/O)c1ncc2ccccc2n1. The van der Waals surface area contributed by atoms with Crippen LogP contribution < -0.4 is 10.6 Å². The molecular formula is C13H17N5O. The fraction of sp³-hybridized carbons (Fsp3) is 0.308. The number of hydrogen-bond donors (Lipinski definition) is 2. The molecular weight excluding hydrogens is 242 g/mol. The van der Waals surface area contributed by atoms with E-state index >= 15 is 0 Å². The van der Waals surface area contributed by atoms with Crippen molar-refractivity contribution in [3.05, 3.63) is 30.5 Å². The van der Waals surface area contributed by atoms with Gasteiger partial charge in [-0.3, -0.25) is 0 Å². The lowest BCUT2D eigenvalue weighted by atomic mass is 10.2. The van der Waals surface area contributed by atoms with E-state index in [4.69, 9.17) is 10.9 Å². The Kier molecular flexibility index (Phi) is 4.12. The number of oxime groups is 1. The van der Waals surface area contributed by atoms with E-state index in [0.717, 1.165) is 17.4 Å². The second-order valence-electron chi connectivity index (χ2n) is 4.15. The molecule has 0 radical (unpaired) electrons. The Balaban J connectivity index is 2.20. The topological polar surface area (TPSA) is 87.6 Å². The van der Waals surface area contributed by atoms with Crippen LogP contribution in [-0.4, -0.2) is 34.1 Å². The Labute approximate surface area is 111 Å². The lowest BCUT2D eigenvalue weighted by Gasteiger charge is -2.20. The number of benzene rings is 1. The average Bonchev–Trinajstić information content (AvgIpc) is 2.47. The van der Waals surface area contributed by atoms with Crippen LogP contribution in [0.5, 0.6) is 0 Å². The van der Waals surface area contributed by atoms with Crippen LogP contribution in [0, 0.1) is 0 Å². The molecule has 0 unspecified atom stereocenters. The predicted molar refractivity (Wildman–Crippen MR) is 75.5 cm³/mol. The molecule has 1 aromatic carbocycles. The maximum Gasteiger partial charge on any atom is 0.225 e. The molecule has 0 bridgehead atoms. The molecule has 2 rings (SSSR count). The van der Waals surface area contributed by atoms with Crippen LogP contribution in [0.4, 0.5) is 5.95 Å². The third-order valence-corrected chi connectivity index (χ3v) is 2.91. The van der Waals surface area contributed by atoms with Crippen LogP contribution in [-0.2, 0) is 0 Å². The Bertz CT molecular complexity index is 584. The number of hydrogen-bond acceptors (Lipinski definition) is 5. The number of fused-ring (bicyclic) bond motifs is 1. The highest BCUT2D eigenvalue weighted by atomic mass is 16.4. The third-order valence-electron chi connectivity index (χ3n) is 2.91. The van der Waals surface area contributed by atoms with Gasteiger partial charge in [-0.1, -0.05) is 23.4 Å². The first-order valence-electron chi connectivity index (χ1n) is 6.17. The van der Waals surface area contributed by atoms with Gasteiger partial charge in [-0.2, -0.15) is 0 Å². The molecule has 2 aromatic rings. The van der Waals surface area contributed by atoms with E-state index in [9.17, 15) is 0 Å². The number of para-hydroxylation sites is 1. The minimum absolute atomic E-state index is 0.208. The average molecular weight is 259 g/mol. The summed E-state index contributed by atoms with van der Waals surface area (Å²) in [6, 6.07) is 7.84. The van der Waals surface area contributed by atoms with Crippen molar-refractivity contribution in [3.63, 3.8) is 0 Å². The van der Waals surface area contributed by atoms with Crippen LogP contribution in [0.1, 0.15) is 13.3 Å². The lowest BCUT2D eigenvalue weighted by Crippen LogP contribution is -2.29. The highest BCUT2D eigenvalue weighted by molar-refractivity contribution is 5.80. The third kappa shape index (κ3) is 3.09. The quantitative estimate of drug-likeness (QED) is 0.368. The first kappa shape index (κ1) is 13.1. The van der Waals surface area contributed by atoms with Gasteiger partial charge in [-0.25, -0.2) is 9.97 Å². The molecule has 19 heavy (non-hydrogen) atoms. The Morgan fingerprint density at radius 2 is 2.21 bits per heavy atom. The van der Waals surface area contributed by atoms with Gasteiger partial charge in [0.25, 0.3) is 0 Å². The molecule has 100 valence electrons. The van der Waals surface area contributed by atoms with Gasteiger partial charge in [0.1, 0.15) is 5.84 Å². The van der Waals surface area contributed by atoms with Crippen LogP contribution in [0.3, 0.4) is 0 Å². The molecule has 0 spiro atoms. The first-order valence-corrected chi connectivity index (χ1v) is 6.17. The molecule has 0 saturated heterocycles. The molecule has 0 fully saturated rings. The van der Waals surface area contributed by atoms with Gasteiger partial charge < -0.3 is 15.8 Å². The van der Waals surface area contributed by atoms with Gasteiger partial charge in [0.2, 0.25) is 5.95 Å². The van der Waals surface area contributed by atoms with Crippen molar-refractivity contribution < 1.29 is 5.21 Å². The summed E-state index contributed by atoms with van der Waals surface area (Å²) < 4.78 is 0. The summed E-state index contributed by atoms with van der Waals surface area (Å²) >= 11 is 0. The first-order chi connectivity index (χ1) is 9.24. The summed E-state index contributed by atoms with van der Waals surface area (Å²) in [6.45, 7) is 3.40. The van der Waals surface area contributed by atoms with Crippen LogP contribution in [0.2, 0.25) is 0 Å². The maximum absolute atomic E-state index is 8.55. The van der Waals surface area contributed by atoms with Gasteiger partial charge in [-0.15, -0.1) is 0 Å². The van der Waals surface area contributed by atoms with Crippen molar-refractivity contribution >= 4 is 22.7 Å². The standard InChI is InChI=1S/C13H17N5O/c1-2-18(8-7-12(14)17-19)13-15-9-10-5-3-4-6-11(10)16-13/h3-6,9,19H,2,7-8H2,1H3,(H2,14,17). The second-order valence-corrected chi connectivity index (χ2v) is 4.15. The zero-order valence-electron chi connectivity index (χ0n) is 10.8.